The first-order valence-electron chi connectivity index (χ1n) is 12.2. The fourth-order valence-corrected chi connectivity index (χ4v) is 4.90. The van der Waals surface area contributed by atoms with E-state index in [0.29, 0.717) is 0 Å². The number of allylic oxidation sites excluding steroid dienone is 2. The molecule has 0 N–H and O–H groups in total. The van der Waals surface area contributed by atoms with Crippen LogP contribution in [0.4, 0.5) is 5.69 Å². The molecule has 1 aliphatic carbocycles. The lowest BCUT2D eigenvalue weighted by molar-refractivity contribution is 0.0548. The zero-order valence-electron chi connectivity index (χ0n) is 19.6. The lowest BCUT2D eigenvalue weighted by Gasteiger charge is -2.34. The summed E-state index contributed by atoms with van der Waals surface area (Å²) in [6, 6.07) is 19.5. The largest absolute Gasteiger partial charge is 0.378 e. The summed E-state index contributed by atoms with van der Waals surface area (Å²) in [6.45, 7) is 9.57. The van der Waals surface area contributed by atoms with E-state index in [1.54, 1.807) is 0 Å². The van der Waals surface area contributed by atoms with Gasteiger partial charge in [0.2, 0.25) is 0 Å². The van der Waals surface area contributed by atoms with Gasteiger partial charge in [-0.3, -0.25) is 5.01 Å². The first kappa shape index (κ1) is 21.8. The van der Waals surface area contributed by atoms with Crippen molar-refractivity contribution in [1.82, 2.24) is 9.91 Å². The van der Waals surface area contributed by atoms with Crippen molar-refractivity contribution in [2.24, 2.45) is 5.10 Å². The van der Waals surface area contributed by atoms with Crippen LogP contribution in [-0.4, -0.2) is 68.6 Å². The highest BCUT2D eigenvalue weighted by Crippen LogP contribution is 2.35. The van der Waals surface area contributed by atoms with Crippen molar-refractivity contribution < 1.29 is 4.74 Å². The second-order valence-electron chi connectivity index (χ2n) is 9.07. The lowest BCUT2D eigenvalue weighted by atomic mass is 10.1. The number of aryl methyl sites for hydroxylation is 1. The van der Waals surface area contributed by atoms with E-state index in [0.717, 1.165) is 65.3 Å². The van der Waals surface area contributed by atoms with Crippen LogP contribution in [0.15, 0.2) is 76.5 Å². The summed E-state index contributed by atoms with van der Waals surface area (Å²) in [7, 11) is 0. The van der Waals surface area contributed by atoms with E-state index in [4.69, 9.17) is 9.84 Å². The molecule has 0 bridgehead atoms. The molecule has 2 aliphatic heterocycles. The number of hydrogen-bond donors (Lipinski definition) is 0. The van der Waals surface area contributed by atoms with Gasteiger partial charge < -0.3 is 14.5 Å². The van der Waals surface area contributed by atoms with Crippen molar-refractivity contribution in [3.05, 3.63) is 82.6 Å². The fourth-order valence-electron chi connectivity index (χ4n) is 4.90. The Morgan fingerprint density at radius 3 is 2.24 bits per heavy atom. The summed E-state index contributed by atoms with van der Waals surface area (Å²) in [5, 5.41) is 7.16. The Morgan fingerprint density at radius 1 is 0.788 bits per heavy atom. The van der Waals surface area contributed by atoms with Crippen LogP contribution in [-0.2, 0) is 4.74 Å². The van der Waals surface area contributed by atoms with Crippen LogP contribution in [0.2, 0.25) is 0 Å². The molecule has 5 rings (SSSR count). The van der Waals surface area contributed by atoms with Gasteiger partial charge in [-0.2, -0.15) is 5.10 Å². The van der Waals surface area contributed by atoms with Crippen molar-refractivity contribution in [2.45, 2.75) is 19.8 Å². The molecule has 0 aromatic heterocycles. The Bertz CT molecular complexity index is 1010. The molecule has 2 fully saturated rings. The molecule has 5 heteroatoms. The van der Waals surface area contributed by atoms with Gasteiger partial charge >= 0.3 is 0 Å². The maximum Gasteiger partial charge on any atom is 0.0642 e. The van der Waals surface area contributed by atoms with Crippen LogP contribution in [0.1, 0.15) is 24.0 Å². The topological polar surface area (TPSA) is 31.3 Å². The Balaban J connectivity index is 1.30. The van der Waals surface area contributed by atoms with Crippen LogP contribution in [0.3, 0.4) is 0 Å². The third-order valence-electron chi connectivity index (χ3n) is 6.77. The summed E-state index contributed by atoms with van der Waals surface area (Å²) in [5.41, 5.74) is 8.05. The second-order valence-corrected chi connectivity index (χ2v) is 9.07. The first-order chi connectivity index (χ1) is 16.3. The second kappa shape index (κ2) is 10.3. The molecule has 0 spiro atoms. The van der Waals surface area contributed by atoms with E-state index in [-0.39, 0.29) is 0 Å². The molecule has 33 heavy (non-hydrogen) atoms. The van der Waals surface area contributed by atoms with E-state index < -0.39 is 0 Å². The minimum Gasteiger partial charge on any atom is -0.378 e. The van der Waals surface area contributed by atoms with Gasteiger partial charge in [0.1, 0.15) is 0 Å². The molecule has 3 aliphatic rings. The number of morpholine rings is 1. The van der Waals surface area contributed by atoms with Gasteiger partial charge in [-0.25, -0.2) is 0 Å². The average Bonchev–Trinajstić information content (AvgIpc) is 3.27. The van der Waals surface area contributed by atoms with E-state index in [9.17, 15) is 0 Å². The lowest BCUT2D eigenvalue weighted by Crippen LogP contribution is -2.44. The number of hydrogen-bond acceptors (Lipinski definition) is 5. The van der Waals surface area contributed by atoms with Crippen molar-refractivity contribution in [2.75, 3.05) is 57.4 Å². The summed E-state index contributed by atoms with van der Waals surface area (Å²) in [4.78, 5) is 4.96. The van der Waals surface area contributed by atoms with Crippen LogP contribution < -0.4 is 4.90 Å². The minimum atomic E-state index is 0.799. The Morgan fingerprint density at radius 2 is 1.52 bits per heavy atom. The highest BCUT2D eigenvalue weighted by Gasteiger charge is 2.26. The number of benzene rings is 2. The van der Waals surface area contributed by atoms with E-state index >= 15 is 0 Å². The molecule has 2 aromatic carbocycles. The standard InChI is InChI=1S/C28H34N4O/c1-23-7-11-27(12-8-23)30-13-15-32(16-14-30)29-22-26-10-9-25(21-24-5-3-2-4-6-24)28(26)31-17-19-33-20-18-31/h2-8,11-12,21-22H,9-10,13-20H2,1H3/b25-21+,29-22?. The van der Waals surface area contributed by atoms with E-state index in [1.807, 2.05) is 0 Å². The van der Waals surface area contributed by atoms with Crippen molar-refractivity contribution in [1.29, 1.82) is 0 Å². The van der Waals surface area contributed by atoms with Gasteiger partial charge in [0, 0.05) is 37.6 Å². The van der Waals surface area contributed by atoms with Gasteiger partial charge in [-0.15, -0.1) is 0 Å². The minimum absolute atomic E-state index is 0.799. The number of anilines is 1. The van der Waals surface area contributed by atoms with Crippen molar-refractivity contribution in [3.8, 4) is 0 Å². The smallest absolute Gasteiger partial charge is 0.0642 e. The van der Waals surface area contributed by atoms with Crippen molar-refractivity contribution >= 4 is 18.0 Å². The monoisotopic (exact) mass is 442 g/mol. The zero-order chi connectivity index (χ0) is 22.5. The van der Waals surface area contributed by atoms with Gasteiger partial charge in [0.05, 0.1) is 32.5 Å². The third-order valence-corrected chi connectivity index (χ3v) is 6.77. The molecular weight excluding hydrogens is 408 g/mol. The third kappa shape index (κ3) is 5.31. The Kier molecular flexibility index (Phi) is 6.77. The molecule has 0 amide bonds. The number of nitrogens with zero attached hydrogens (tertiary/aromatic N) is 4. The van der Waals surface area contributed by atoms with Crippen molar-refractivity contribution in [3.63, 3.8) is 0 Å². The highest BCUT2D eigenvalue weighted by atomic mass is 16.5. The van der Waals surface area contributed by atoms with Crippen LogP contribution in [0.25, 0.3) is 6.08 Å². The molecule has 2 aromatic rings. The van der Waals surface area contributed by atoms with E-state index in [1.165, 1.54) is 33.7 Å². The molecule has 0 unspecified atom stereocenters. The van der Waals surface area contributed by atoms with Gasteiger partial charge in [0.15, 0.2) is 0 Å². The van der Waals surface area contributed by atoms with Crippen LogP contribution in [0.5, 0.6) is 0 Å². The average molecular weight is 443 g/mol. The number of rotatable bonds is 5. The maximum absolute atomic E-state index is 5.63. The maximum atomic E-state index is 5.63. The van der Waals surface area contributed by atoms with Gasteiger partial charge in [-0.1, -0.05) is 48.0 Å². The first-order valence-corrected chi connectivity index (χ1v) is 12.2. The molecule has 2 saturated heterocycles. The summed E-state index contributed by atoms with van der Waals surface area (Å²) < 4.78 is 5.63. The Labute approximate surface area is 197 Å². The molecule has 0 saturated carbocycles. The van der Waals surface area contributed by atoms with Gasteiger partial charge in [0.25, 0.3) is 0 Å². The SMILES string of the molecule is Cc1ccc(N2CCN(N=CC3=C(N4CCOCC4)/C(=C/c4ccccc4)CC3)CC2)cc1. The quantitative estimate of drug-likeness (QED) is 0.635. The summed E-state index contributed by atoms with van der Waals surface area (Å²) in [5.74, 6) is 0. The highest BCUT2D eigenvalue weighted by molar-refractivity contribution is 5.83. The predicted octanol–water partition coefficient (Wildman–Crippen LogP) is 4.57. The van der Waals surface area contributed by atoms with Crippen LogP contribution >= 0.6 is 0 Å². The molecule has 2 heterocycles. The number of ether oxygens (including phenoxy) is 1. The molecule has 172 valence electrons. The number of piperazine rings is 1. The normalized spacial score (nSPS) is 21.0. The molecule has 5 nitrogen and oxygen atoms in total. The molecule has 0 radical (unpaired) electrons. The summed E-state index contributed by atoms with van der Waals surface area (Å²) >= 11 is 0. The molecule has 0 atom stereocenters. The fraction of sp³-hybridized carbons (Fsp3) is 0.393. The van der Waals surface area contributed by atoms with Crippen LogP contribution in [0, 0.1) is 6.92 Å². The number of hydrazone groups is 1. The zero-order valence-corrected chi connectivity index (χ0v) is 19.6. The van der Waals surface area contributed by atoms with E-state index in [2.05, 4.69) is 88.6 Å². The Hall–Kier alpha value is -3.05. The summed E-state index contributed by atoms with van der Waals surface area (Å²) in [6.07, 6.45) is 6.62. The van der Waals surface area contributed by atoms with Gasteiger partial charge in [-0.05, 0) is 54.7 Å². The molecular formula is C28H34N4O. The predicted molar refractivity (Wildman–Crippen MR) is 137 cm³/mol.